The van der Waals surface area contributed by atoms with Gasteiger partial charge in [-0.2, -0.15) is 0 Å². The quantitative estimate of drug-likeness (QED) is 0.784. The predicted octanol–water partition coefficient (Wildman–Crippen LogP) is 3.30. The Bertz CT molecular complexity index is 563. The molecule has 2 heterocycles. The number of rotatable bonds is 2. The van der Waals surface area contributed by atoms with Crippen LogP contribution in [0.5, 0.6) is 0 Å². The van der Waals surface area contributed by atoms with Crippen LogP contribution < -0.4 is 0 Å². The SMILES string of the molecule is CC(=O)c1c(C2CCN(C(=O)OC(C)(C)C)CC2)noc1C. The number of carbonyl (C=O) groups is 2. The summed E-state index contributed by atoms with van der Waals surface area (Å²) in [6, 6.07) is 0. The van der Waals surface area contributed by atoms with E-state index in [2.05, 4.69) is 5.16 Å². The van der Waals surface area contributed by atoms with Crippen molar-refractivity contribution in [2.24, 2.45) is 0 Å². The summed E-state index contributed by atoms with van der Waals surface area (Å²) < 4.78 is 10.6. The summed E-state index contributed by atoms with van der Waals surface area (Å²) in [5.41, 5.74) is 0.837. The Morgan fingerprint density at radius 2 is 1.86 bits per heavy atom. The summed E-state index contributed by atoms with van der Waals surface area (Å²) in [6.07, 6.45) is 1.23. The Balaban J connectivity index is 2.01. The number of hydrogen-bond acceptors (Lipinski definition) is 5. The van der Waals surface area contributed by atoms with E-state index in [4.69, 9.17) is 9.26 Å². The number of piperidine rings is 1. The summed E-state index contributed by atoms with van der Waals surface area (Å²) in [7, 11) is 0. The van der Waals surface area contributed by atoms with Crippen LogP contribution in [0.25, 0.3) is 0 Å². The maximum Gasteiger partial charge on any atom is 0.410 e. The van der Waals surface area contributed by atoms with Crippen molar-refractivity contribution in [3.05, 3.63) is 17.0 Å². The molecule has 0 aromatic carbocycles. The van der Waals surface area contributed by atoms with Gasteiger partial charge in [0.15, 0.2) is 5.78 Å². The number of carbonyl (C=O) groups excluding carboxylic acids is 2. The molecule has 22 heavy (non-hydrogen) atoms. The van der Waals surface area contributed by atoms with Crippen molar-refractivity contribution < 1.29 is 18.8 Å². The van der Waals surface area contributed by atoms with E-state index in [0.717, 1.165) is 18.5 Å². The second kappa shape index (κ2) is 6.10. The molecular formula is C16H24N2O4. The Morgan fingerprint density at radius 3 is 2.36 bits per heavy atom. The zero-order valence-electron chi connectivity index (χ0n) is 13.9. The maximum atomic E-state index is 12.1. The number of aromatic nitrogens is 1. The second-order valence-corrected chi connectivity index (χ2v) is 6.80. The van der Waals surface area contributed by atoms with Gasteiger partial charge in [-0.1, -0.05) is 5.16 Å². The van der Waals surface area contributed by atoms with Crippen LogP contribution in [0.4, 0.5) is 4.79 Å². The summed E-state index contributed by atoms with van der Waals surface area (Å²) in [5.74, 6) is 0.690. The fourth-order valence-electron chi connectivity index (χ4n) is 2.76. The molecule has 1 aromatic heterocycles. The van der Waals surface area contributed by atoms with Crippen molar-refractivity contribution in [2.45, 2.75) is 59.0 Å². The molecule has 2 rings (SSSR count). The number of likely N-dealkylation sites (tertiary alicyclic amines) is 1. The molecule has 0 N–H and O–H groups in total. The fraction of sp³-hybridized carbons (Fsp3) is 0.688. The predicted molar refractivity (Wildman–Crippen MR) is 81.0 cm³/mol. The molecule has 0 unspecified atom stereocenters. The third kappa shape index (κ3) is 3.67. The average molecular weight is 308 g/mol. The van der Waals surface area contributed by atoms with E-state index in [0.29, 0.717) is 24.4 Å². The average Bonchev–Trinajstić information content (AvgIpc) is 2.79. The lowest BCUT2D eigenvalue weighted by molar-refractivity contribution is 0.0203. The lowest BCUT2D eigenvalue weighted by Gasteiger charge is -2.33. The van der Waals surface area contributed by atoms with Gasteiger partial charge in [0.05, 0.1) is 11.3 Å². The number of amides is 1. The van der Waals surface area contributed by atoms with Gasteiger partial charge in [0.2, 0.25) is 0 Å². The highest BCUT2D eigenvalue weighted by atomic mass is 16.6. The highest BCUT2D eigenvalue weighted by Gasteiger charge is 2.31. The van der Waals surface area contributed by atoms with E-state index in [1.54, 1.807) is 11.8 Å². The van der Waals surface area contributed by atoms with Crippen LogP contribution >= 0.6 is 0 Å². The molecule has 1 aliphatic rings. The molecule has 0 bridgehead atoms. The van der Waals surface area contributed by atoms with E-state index < -0.39 is 5.60 Å². The smallest absolute Gasteiger partial charge is 0.410 e. The van der Waals surface area contributed by atoms with E-state index in [-0.39, 0.29) is 17.8 Å². The monoisotopic (exact) mass is 308 g/mol. The number of hydrogen-bond donors (Lipinski definition) is 0. The van der Waals surface area contributed by atoms with E-state index in [1.807, 2.05) is 20.8 Å². The molecule has 6 nitrogen and oxygen atoms in total. The topological polar surface area (TPSA) is 72.6 Å². The van der Waals surface area contributed by atoms with Gasteiger partial charge in [0, 0.05) is 19.0 Å². The Kier molecular flexibility index (Phi) is 4.58. The van der Waals surface area contributed by atoms with E-state index >= 15 is 0 Å². The van der Waals surface area contributed by atoms with E-state index in [9.17, 15) is 9.59 Å². The van der Waals surface area contributed by atoms with Gasteiger partial charge in [-0.05, 0) is 47.5 Å². The van der Waals surface area contributed by atoms with Gasteiger partial charge in [-0.25, -0.2) is 4.79 Å². The van der Waals surface area contributed by atoms with Gasteiger partial charge in [-0.15, -0.1) is 0 Å². The van der Waals surface area contributed by atoms with Crippen LogP contribution in [0.2, 0.25) is 0 Å². The minimum absolute atomic E-state index is 0.0247. The molecule has 0 radical (unpaired) electrons. The number of ketones is 1. The van der Waals surface area contributed by atoms with Crippen LogP contribution in [0.1, 0.15) is 68.3 Å². The number of aryl methyl sites for hydroxylation is 1. The normalized spacial score (nSPS) is 16.7. The summed E-state index contributed by atoms with van der Waals surface area (Å²) in [6.45, 7) is 10.0. The molecule has 1 aromatic rings. The zero-order chi connectivity index (χ0) is 16.5. The molecule has 0 spiro atoms. The number of Topliss-reactive ketones (excluding diaryl/α,β-unsaturated/α-hetero) is 1. The van der Waals surface area contributed by atoms with Gasteiger partial charge < -0.3 is 14.2 Å². The standard InChI is InChI=1S/C16H24N2O4/c1-10(19)13-11(2)22-17-14(13)12-6-8-18(9-7-12)15(20)21-16(3,4)5/h12H,6-9H2,1-5H3. The highest BCUT2D eigenvalue weighted by molar-refractivity contribution is 5.96. The first-order valence-electron chi connectivity index (χ1n) is 7.64. The first-order valence-corrected chi connectivity index (χ1v) is 7.64. The van der Waals surface area contributed by atoms with E-state index in [1.165, 1.54) is 6.92 Å². The van der Waals surface area contributed by atoms with Crippen molar-refractivity contribution in [3.8, 4) is 0 Å². The first kappa shape index (κ1) is 16.5. The Hall–Kier alpha value is -1.85. The zero-order valence-corrected chi connectivity index (χ0v) is 13.9. The first-order chi connectivity index (χ1) is 10.2. The molecule has 0 aliphatic carbocycles. The molecule has 0 saturated carbocycles. The van der Waals surface area contributed by atoms with Crippen LogP contribution in [-0.2, 0) is 4.74 Å². The largest absolute Gasteiger partial charge is 0.444 e. The van der Waals surface area contributed by atoms with Gasteiger partial charge in [0.25, 0.3) is 0 Å². The fourth-order valence-corrected chi connectivity index (χ4v) is 2.76. The van der Waals surface area contributed by atoms with Crippen LogP contribution in [0, 0.1) is 6.92 Å². The molecule has 1 aliphatic heterocycles. The lowest BCUT2D eigenvalue weighted by Crippen LogP contribution is -2.41. The third-order valence-corrected chi connectivity index (χ3v) is 3.77. The van der Waals surface area contributed by atoms with Crippen molar-refractivity contribution in [3.63, 3.8) is 0 Å². The summed E-state index contributed by atoms with van der Waals surface area (Å²) in [5, 5.41) is 4.06. The molecular weight excluding hydrogens is 284 g/mol. The van der Waals surface area contributed by atoms with Crippen LogP contribution in [-0.4, -0.2) is 40.6 Å². The van der Waals surface area contributed by atoms with Crippen LogP contribution in [0.3, 0.4) is 0 Å². The van der Waals surface area contributed by atoms with Crippen molar-refractivity contribution in [1.29, 1.82) is 0 Å². The second-order valence-electron chi connectivity index (χ2n) is 6.80. The molecule has 1 amide bonds. The van der Waals surface area contributed by atoms with Crippen molar-refractivity contribution in [1.82, 2.24) is 10.1 Å². The van der Waals surface area contributed by atoms with Crippen molar-refractivity contribution in [2.75, 3.05) is 13.1 Å². The van der Waals surface area contributed by atoms with Gasteiger partial charge in [-0.3, -0.25) is 4.79 Å². The molecule has 1 fully saturated rings. The lowest BCUT2D eigenvalue weighted by atomic mass is 9.90. The van der Waals surface area contributed by atoms with Gasteiger partial charge in [0.1, 0.15) is 11.4 Å². The number of nitrogens with zero attached hydrogens (tertiary/aromatic N) is 2. The summed E-state index contributed by atoms with van der Waals surface area (Å²) in [4.78, 5) is 25.5. The molecule has 0 atom stereocenters. The third-order valence-electron chi connectivity index (χ3n) is 3.77. The minimum atomic E-state index is -0.487. The van der Waals surface area contributed by atoms with Gasteiger partial charge >= 0.3 is 6.09 Å². The number of ether oxygens (including phenoxy) is 1. The summed E-state index contributed by atoms with van der Waals surface area (Å²) >= 11 is 0. The Labute approximate surface area is 130 Å². The molecule has 1 saturated heterocycles. The van der Waals surface area contributed by atoms with Crippen LogP contribution in [0.15, 0.2) is 4.52 Å². The molecule has 122 valence electrons. The highest BCUT2D eigenvalue weighted by Crippen LogP contribution is 2.31. The minimum Gasteiger partial charge on any atom is -0.444 e. The van der Waals surface area contributed by atoms with Crippen molar-refractivity contribution >= 4 is 11.9 Å². The molecule has 6 heteroatoms. The maximum absolute atomic E-state index is 12.1. The Morgan fingerprint density at radius 1 is 1.27 bits per heavy atom.